The van der Waals surface area contributed by atoms with Crippen LogP contribution in [0.2, 0.25) is 5.02 Å². The number of fused-ring (bicyclic) bond motifs is 5. The molecule has 2 aromatic heterocycles. The van der Waals surface area contributed by atoms with Crippen LogP contribution in [0, 0.1) is 36.0 Å². The molecule has 6 atom stereocenters. The molecule has 2 N–H and O–H groups in total. The SMILES string of the molecule is COc1cc(Br)cc([C@H]2C3=CC[C@@H]4C(=O)N(CCCCCC(=O)O)C(=O)[C@@H]4[C@@H]3C[C@H]3C(=O)N(c4cc(-c5sc6ccc(Cl)cc6c5C)nn4C)C(=O)[C@@]23C)c1O. The molecule has 0 unspecified atom stereocenters. The Labute approximate surface area is 340 Å². The summed E-state index contributed by atoms with van der Waals surface area (Å²) in [6, 6.07) is 10.8. The van der Waals surface area contributed by atoms with Crippen molar-refractivity contribution < 1.29 is 38.9 Å². The molecule has 292 valence electrons. The number of hydrogen-bond donors (Lipinski definition) is 2. The molecule has 1 saturated carbocycles. The highest BCUT2D eigenvalue weighted by atomic mass is 79.9. The first-order valence-corrected chi connectivity index (χ1v) is 20.6. The molecule has 4 aromatic rings. The maximum atomic E-state index is 15.2. The minimum atomic E-state index is -1.40. The number of amides is 4. The third-order valence-corrected chi connectivity index (χ3v) is 14.4. The number of allylic oxidation sites excluding steroid dienone is 2. The average Bonchev–Trinajstić information content (AvgIpc) is 3.82. The van der Waals surface area contributed by atoms with Crippen molar-refractivity contribution in [3.05, 3.63) is 68.7 Å². The van der Waals surface area contributed by atoms with Gasteiger partial charge in [0.2, 0.25) is 23.6 Å². The highest BCUT2D eigenvalue weighted by Gasteiger charge is 2.68. The second-order valence-corrected chi connectivity index (χ2v) is 17.9. The van der Waals surface area contributed by atoms with Crippen molar-refractivity contribution in [1.82, 2.24) is 14.7 Å². The lowest BCUT2D eigenvalue weighted by Gasteiger charge is -2.49. The lowest BCUT2D eigenvalue weighted by atomic mass is 9.51. The van der Waals surface area contributed by atoms with E-state index in [1.165, 1.54) is 21.6 Å². The van der Waals surface area contributed by atoms with Gasteiger partial charge in [0.05, 0.1) is 35.2 Å². The number of rotatable bonds is 10. The Kier molecular flexibility index (Phi) is 9.68. The molecule has 15 heteroatoms. The van der Waals surface area contributed by atoms with Gasteiger partial charge >= 0.3 is 5.97 Å². The highest BCUT2D eigenvalue weighted by Crippen LogP contribution is 2.65. The van der Waals surface area contributed by atoms with Gasteiger partial charge in [-0.15, -0.1) is 11.3 Å². The standard InChI is InChI=1S/C41H40BrClN4O8S/c1-19-24-16-21(43)9-12-30(24)56-36(19)28-18-31(45(3)44-28)47-38(52)27-17-25-22(34(41(27,2)40(47)54)26-14-20(42)15-29(55-4)35(26)50)10-11-23-33(25)39(53)46(37(23)51)13-7-5-6-8-32(48)49/h9-10,12,14-16,18,23,25,27,33-34,50H,5-8,11,13,17H2,1-4H3,(H,48,49)/t23-,25+,27-,33-,34+,41+/m0/s1. The van der Waals surface area contributed by atoms with Crippen LogP contribution in [0.3, 0.4) is 0 Å². The first kappa shape index (κ1) is 38.3. The van der Waals surface area contributed by atoms with Gasteiger partial charge in [-0.3, -0.25) is 33.6 Å². The first-order valence-electron chi connectivity index (χ1n) is 18.6. The normalized spacial score (nSPS) is 25.8. The largest absolute Gasteiger partial charge is 0.504 e. The summed E-state index contributed by atoms with van der Waals surface area (Å²) in [6.07, 6.45) is 3.84. The monoisotopic (exact) mass is 862 g/mol. The molecular weight excluding hydrogens is 824 g/mol. The maximum absolute atomic E-state index is 15.2. The van der Waals surface area contributed by atoms with Gasteiger partial charge in [-0.25, -0.2) is 4.90 Å². The molecule has 4 aliphatic rings. The number of aromatic hydroxyl groups is 1. The lowest BCUT2D eigenvalue weighted by Crippen LogP contribution is -2.49. The van der Waals surface area contributed by atoms with Crippen LogP contribution in [0.4, 0.5) is 5.82 Å². The van der Waals surface area contributed by atoms with Gasteiger partial charge in [0.15, 0.2) is 11.5 Å². The Balaban J connectivity index is 1.20. The molecule has 12 nitrogen and oxygen atoms in total. The molecule has 4 heterocycles. The van der Waals surface area contributed by atoms with Crippen LogP contribution in [-0.2, 0) is 31.0 Å². The molecule has 3 fully saturated rings. The zero-order valence-corrected chi connectivity index (χ0v) is 34.3. The second-order valence-electron chi connectivity index (χ2n) is 15.4. The van der Waals surface area contributed by atoms with Crippen molar-refractivity contribution in [3.63, 3.8) is 0 Å². The molecule has 2 aliphatic heterocycles. The Bertz CT molecular complexity index is 2410. The van der Waals surface area contributed by atoms with E-state index in [0.717, 1.165) is 26.1 Å². The number of hydrogen-bond acceptors (Lipinski definition) is 9. The number of ether oxygens (including phenoxy) is 1. The topological polar surface area (TPSA) is 159 Å². The summed E-state index contributed by atoms with van der Waals surface area (Å²) < 4.78 is 8.69. The zero-order chi connectivity index (χ0) is 40.0. The fourth-order valence-corrected chi connectivity index (χ4v) is 11.5. The molecule has 8 rings (SSSR count). The van der Waals surface area contributed by atoms with Crippen LogP contribution in [-0.4, -0.2) is 68.1 Å². The van der Waals surface area contributed by atoms with Crippen LogP contribution in [0.15, 0.2) is 52.5 Å². The number of carboxylic acids is 1. The number of unbranched alkanes of at least 4 members (excludes halogenated alkanes) is 2. The minimum absolute atomic E-state index is 0.0151. The molecule has 0 spiro atoms. The van der Waals surface area contributed by atoms with Crippen molar-refractivity contribution in [2.24, 2.45) is 36.1 Å². The highest BCUT2D eigenvalue weighted by molar-refractivity contribution is 9.10. The molecule has 0 bridgehead atoms. The number of halogens is 2. The summed E-state index contributed by atoms with van der Waals surface area (Å²) in [5, 5.41) is 27.1. The Morgan fingerprint density at radius 1 is 1.07 bits per heavy atom. The van der Waals surface area contributed by atoms with Crippen molar-refractivity contribution in [1.29, 1.82) is 0 Å². The molecule has 2 aliphatic carbocycles. The van der Waals surface area contributed by atoms with Gasteiger partial charge in [0.1, 0.15) is 11.5 Å². The Morgan fingerprint density at radius 2 is 1.84 bits per heavy atom. The van der Waals surface area contributed by atoms with Crippen molar-refractivity contribution in [2.45, 2.75) is 58.3 Å². The van der Waals surface area contributed by atoms with Crippen molar-refractivity contribution in [2.75, 3.05) is 18.6 Å². The lowest BCUT2D eigenvalue weighted by molar-refractivity contribution is -0.141. The van der Waals surface area contributed by atoms with Crippen LogP contribution >= 0.6 is 38.9 Å². The summed E-state index contributed by atoms with van der Waals surface area (Å²) in [6.45, 7) is 3.93. The number of benzene rings is 2. The van der Waals surface area contributed by atoms with Crippen LogP contribution < -0.4 is 9.64 Å². The maximum Gasteiger partial charge on any atom is 0.303 e. The number of thiophene rings is 1. The van der Waals surface area contributed by atoms with Gasteiger partial charge in [0.25, 0.3) is 0 Å². The summed E-state index contributed by atoms with van der Waals surface area (Å²) >= 11 is 11.4. The molecule has 0 radical (unpaired) electrons. The molecule has 4 amide bonds. The van der Waals surface area contributed by atoms with E-state index in [4.69, 9.17) is 26.5 Å². The first-order chi connectivity index (χ1) is 26.7. The van der Waals surface area contributed by atoms with Crippen LogP contribution in [0.1, 0.15) is 62.5 Å². The van der Waals surface area contributed by atoms with Gasteiger partial charge in [-0.05, 0) is 86.7 Å². The second kappa shape index (κ2) is 14.1. The number of anilines is 1. The van der Waals surface area contributed by atoms with E-state index in [9.17, 15) is 24.3 Å². The number of imide groups is 2. The van der Waals surface area contributed by atoms with Gasteiger partial charge in [-0.1, -0.05) is 45.6 Å². The summed E-state index contributed by atoms with van der Waals surface area (Å²) in [5.41, 5.74) is 1.28. The van der Waals surface area contributed by atoms with E-state index in [1.54, 1.807) is 43.5 Å². The number of phenolic OH excluding ortho intramolecular Hbond substituents is 1. The minimum Gasteiger partial charge on any atom is -0.504 e. The zero-order valence-electron chi connectivity index (χ0n) is 31.2. The molecular formula is C41H40BrClN4O8S. The number of nitrogens with zero attached hydrogens (tertiary/aromatic N) is 4. The van der Waals surface area contributed by atoms with E-state index in [2.05, 4.69) is 15.9 Å². The predicted molar refractivity (Wildman–Crippen MR) is 214 cm³/mol. The third kappa shape index (κ3) is 5.81. The van der Waals surface area contributed by atoms with E-state index < -0.39 is 52.8 Å². The fourth-order valence-electron chi connectivity index (χ4n) is 9.77. The van der Waals surface area contributed by atoms with E-state index >= 15 is 4.79 Å². The number of methoxy groups -OCH3 is 1. The average molecular weight is 864 g/mol. The van der Waals surface area contributed by atoms with Crippen molar-refractivity contribution in [3.8, 4) is 22.1 Å². The molecule has 2 saturated heterocycles. The van der Waals surface area contributed by atoms with E-state index in [1.807, 2.05) is 31.2 Å². The van der Waals surface area contributed by atoms with Crippen molar-refractivity contribution >= 4 is 84.4 Å². The summed E-state index contributed by atoms with van der Waals surface area (Å²) in [4.78, 5) is 72.5. The number of aromatic nitrogens is 2. The van der Waals surface area contributed by atoms with E-state index in [0.29, 0.717) is 45.8 Å². The number of carbonyl (C=O) groups is 5. The number of carbonyl (C=O) groups excluding carboxylic acids is 4. The fraction of sp³-hybridized carbons (Fsp3) is 0.415. The number of phenols is 1. The Hall–Kier alpha value is -4.53. The number of carboxylic acid groups (broad SMARTS) is 1. The van der Waals surface area contributed by atoms with Crippen LogP contribution in [0.25, 0.3) is 20.7 Å². The third-order valence-electron chi connectivity index (χ3n) is 12.5. The van der Waals surface area contributed by atoms with Gasteiger partial charge in [0, 0.05) is 51.8 Å². The number of aryl methyl sites for hydroxylation is 2. The van der Waals surface area contributed by atoms with E-state index in [-0.39, 0.29) is 49.1 Å². The van der Waals surface area contributed by atoms with Gasteiger partial charge < -0.3 is 14.9 Å². The quantitative estimate of drug-likeness (QED) is 0.0930. The molecule has 56 heavy (non-hydrogen) atoms. The predicted octanol–water partition coefficient (Wildman–Crippen LogP) is 7.62. The summed E-state index contributed by atoms with van der Waals surface area (Å²) in [7, 11) is 3.12. The summed E-state index contributed by atoms with van der Waals surface area (Å²) in [5.74, 6) is -5.81. The van der Waals surface area contributed by atoms with Crippen LogP contribution in [0.5, 0.6) is 11.5 Å². The number of likely N-dealkylation sites (tertiary alicyclic amines) is 1. The number of aliphatic carboxylic acids is 1. The smallest absolute Gasteiger partial charge is 0.303 e. The molecule has 2 aromatic carbocycles. The Morgan fingerprint density at radius 3 is 2.57 bits per heavy atom. The van der Waals surface area contributed by atoms with Gasteiger partial charge in [-0.2, -0.15) is 5.10 Å².